The van der Waals surface area contributed by atoms with Crippen LogP contribution in [0.5, 0.6) is 0 Å². The lowest BCUT2D eigenvalue weighted by atomic mass is 10.2. The van der Waals surface area contributed by atoms with Gasteiger partial charge < -0.3 is 5.32 Å². The maximum Gasteiger partial charge on any atom is 0.167 e. The van der Waals surface area contributed by atoms with Gasteiger partial charge in [-0.3, -0.25) is 4.68 Å². The first-order valence-corrected chi connectivity index (χ1v) is 4.38. The average molecular weight is 166 g/mol. The fourth-order valence-electron chi connectivity index (χ4n) is 1.54. The highest BCUT2D eigenvalue weighted by molar-refractivity contribution is 4.98. The SMILES string of the molecule is Cc1nc(C2CCCN2)nn1C. The molecule has 0 spiro atoms. The van der Waals surface area contributed by atoms with E-state index in [9.17, 15) is 0 Å². The smallest absolute Gasteiger partial charge is 0.167 e. The molecule has 1 aliphatic rings. The predicted octanol–water partition coefficient (Wildman–Crippen LogP) is 0.548. The van der Waals surface area contributed by atoms with Crippen LogP contribution in [0, 0.1) is 6.92 Å². The molecule has 0 aliphatic carbocycles. The highest BCUT2D eigenvalue weighted by atomic mass is 15.3. The number of aromatic nitrogens is 3. The third-order valence-electron chi connectivity index (χ3n) is 2.37. The quantitative estimate of drug-likeness (QED) is 0.662. The Kier molecular flexibility index (Phi) is 1.84. The van der Waals surface area contributed by atoms with Crippen molar-refractivity contribution in [3.63, 3.8) is 0 Å². The molecular formula is C8H14N4. The van der Waals surface area contributed by atoms with Crippen LogP contribution in [0.3, 0.4) is 0 Å². The van der Waals surface area contributed by atoms with Crippen LogP contribution in [0.4, 0.5) is 0 Å². The minimum Gasteiger partial charge on any atom is -0.307 e. The van der Waals surface area contributed by atoms with Gasteiger partial charge in [-0.15, -0.1) is 0 Å². The summed E-state index contributed by atoms with van der Waals surface area (Å²) in [5.41, 5.74) is 0. The van der Waals surface area contributed by atoms with Crippen molar-refractivity contribution in [1.29, 1.82) is 0 Å². The predicted molar refractivity (Wildman–Crippen MR) is 45.7 cm³/mol. The zero-order valence-corrected chi connectivity index (χ0v) is 7.54. The second-order valence-corrected chi connectivity index (χ2v) is 3.29. The molecule has 1 saturated heterocycles. The normalized spacial score (nSPS) is 23.3. The average Bonchev–Trinajstić information content (AvgIpc) is 2.61. The van der Waals surface area contributed by atoms with Crippen molar-refractivity contribution in [2.45, 2.75) is 25.8 Å². The van der Waals surface area contributed by atoms with E-state index in [1.165, 1.54) is 12.8 Å². The Morgan fingerprint density at radius 3 is 2.92 bits per heavy atom. The molecule has 1 unspecified atom stereocenters. The van der Waals surface area contributed by atoms with Crippen molar-refractivity contribution >= 4 is 0 Å². The molecule has 1 aromatic rings. The minimum atomic E-state index is 0.393. The molecule has 2 rings (SSSR count). The van der Waals surface area contributed by atoms with E-state index in [-0.39, 0.29) is 0 Å². The zero-order valence-electron chi connectivity index (χ0n) is 7.54. The number of aryl methyl sites for hydroxylation is 2. The number of nitrogens with one attached hydrogen (secondary N) is 1. The fraction of sp³-hybridized carbons (Fsp3) is 0.750. The van der Waals surface area contributed by atoms with E-state index in [2.05, 4.69) is 15.4 Å². The fourth-order valence-corrected chi connectivity index (χ4v) is 1.54. The highest BCUT2D eigenvalue weighted by Crippen LogP contribution is 2.19. The monoisotopic (exact) mass is 166 g/mol. The Morgan fingerprint density at radius 2 is 2.42 bits per heavy atom. The van der Waals surface area contributed by atoms with Gasteiger partial charge in [-0.05, 0) is 26.3 Å². The molecule has 66 valence electrons. The molecule has 4 heteroatoms. The summed E-state index contributed by atoms with van der Waals surface area (Å²) in [5.74, 6) is 1.94. The Hall–Kier alpha value is -0.900. The van der Waals surface area contributed by atoms with Gasteiger partial charge >= 0.3 is 0 Å². The van der Waals surface area contributed by atoms with Crippen molar-refractivity contribution in [1.82, 2.24) is 20.1 Å². The van der Waals surface area contributed by atoms with Crippen LogP contribution in [0.15, 0.2) is 0 Å². The lowest BCUT2D eigenvalue weighted by Crippen LogP contribution is -2.14. The molecule has 1 N–H and O–H groups in total. The van der Waals surface area contributed by atoms with E-state index in [0.29, 0.717) is 6.04 Å². The molecule has 1 fully saturated rings. The molecular weight excluding hydrogens is 152 g/mol. The van der Waals surface area contributed by atoms with Crippen molar-refractivity contribution in [2.24, 2.45) is 7.05 Å². The number of hydrogen-bond acceptors (Lipinski definition) is 3. The van der Waals surface area contributed by atoms with Gasteiger partial charge in [0.05, 0.1) is 6.04 Å². The second-order valence-electron chi connectivity index (χ2n) is 3.29. The first kappa shape index (κ1) is 7.73. The van der Waals surface area contributed by atoms with Crippen molar-refractivity contribution in [2.75, 3.05) is 6.54 Å². The summed E-state index contributed by atoms with van der Waals surface area (Å²) in [6, 6.07) is 0.393. The standard InChI is InChI=1S/C8H14N4/c1-6-10-8(11-12(6)2)7-4-3-5-9-7/h7,9H,3-5H2,1-2H3. The lowest BCUT2D eigenvalue weighted by Gasteiger charge is -2.02. The first-order chi connectivity index (χ1) is 5.77. The molecule has 0 saturated carbocycles. The van der Waals surface area contributed by atoms with Gasteiger partial charge in [0, 0.05) is 7.05 Å². The largest absolute Gasteiger partial charge is 0.307 e. The topological polar surface area (TPSA) is 42.7 Å². The Balaban J connectivity index is 2.21. The van der Waals surface area contributed by atoms with Crippen LogP contribution in [-0.2, 0) is 7.05 Å². The van der Waals surface area contributed by atoms with Crippen LogP contribution in [0.25, 0.3) is 0 Å². The van der Waals surface area contributed by atoms with Crippen molar-refractivity contribution in [3.05, 3.63) is 11.6 Å². The minimum absolute atomic E-state index is 0.393. The molecule has 0 bridgehead atoms. The highest BCUT2D eigenvalue weighted by Gasteiger charge is 2.20. The summed E-state index contributed by atoms with van der Waals surface area (Å²) in [7, 11) is 1.93. The van der Waals surface area contributed by atoms with Crippen LogP contribution in [0.1, 0.15) is 30.5 Å². The first-order valence-electron chi connectivity index (χ1n) is 4.38. The van der Waals surface area contributed by atoms with E-state index in [0.717, 1.165) is 18.2 Å². The van der Waals surface area contributed by atoms with Crippen LogP contribution >= 0.6 is 0 Å². The van der Waals surface area contributed by atoms with Gasteiger partial charge in [0.15, 0.2) is 5.82 Å². The molecule has 2 heterocycles. The number of nitrogens with zero attached hydrogens (tertiary/aromatic N) is 3. The summed E-state index contributed by atoms with van der Waals surface area (Å²) in [5, 5.41) is 7.71. The summed E-state index contributed by atoms with van der Waals surface area (Å²) in [6.07, 6.45) is 2.41. The maximum absolute atomic E-state index is 4.38. The van der Waals surface area contributed by atoms with E-state index < -0.39 is 0 Å². The summed E-state index contributed by atoms with van der Waals surface area (Å²) in [4.78, 5) is 4.38. The maximum atomic E-state index is 4.38. The van der Waals surface area contributed by atoms with Gasteiger partial charge in [-0.2, -0.15) is 5.10 Å². The molecule has 1 aromatic heterocycles. The summed E-state index contributed by atoms with van der Waals surface area (Å²) in [6.45, 7) is 3.08. The summed E-state index contributed by atoms with van der Waals surface area (Å²) < 4.78 is 1.83. The Labute approximate surface area is 72.0 Å². The molecule has 12 heavy (non-hydrogen) atoms. The Morgan fingerprint density at radius 1 is 1.58 bits per heavy atom. The summed E-state index contributed by atoms with van der Waals surface area (Å²) >= 11 is 0. The Bertz CT molecular complexity index is 253. The van der Waals surface area contributed by atoms with Gasteiger partial charge in [0.2, 0.25) is 0 Å². The molecule has 0 aromatic carbocycles. The van der Waals surface area contributed by atoms with Gasteiger partial charge in [0.1, 0.15) is 5.82 Å². The number of rotatable bonds is 1. The van der Waals surface area contributed by atoms with E-state index in [1.807, 2.05) is 18.7 Å². The molecule has 0 radical (unpaired) electrons. The second kappa shape index (κ2) is 2.86. The van der Waals surface area contributed by atoms with Crippen molar-refractivity contribution < 1.29 is 0 Å². The van der Waals surface area contributed by atoms with E-state index >= 15 is 0 Å². The van der Waals surface area contributed by atoms with Gasteiger partial charge in [0.25, 0.3) is 0 Å². The van der Waals surface area contributed by atoms with Crippen LogP contribution in [0.2, 0.25) is 0 Å². The zero-order chi connectivity index (χ0) is 8.55. The molecule has 4 nitrogen and oxygen atoms in total. The van der Waals surface area contributed by atoms with Gasteiger partial charge in [-0.1, -0.05) is 0 Å². The molecule has 1 aliphatic heterocycles. The van der Waals surface area contributed by atoms with Crippen molar-refractivity contribution in [3.8, 4) is 0 Å². The number of hydrogen-bond donors (Lipinski definition) is 1. The molecule has 1 atom stereocenters. The van der Waals surface area contributed by atoms with E-state index in [1.54, 1.807) is 0 Å². The molecule has 0 amide bonds. The van der Waals surface area contributed by atoms with Gasteiger partial charge in [-0.25, -0.2) is 4.98 Å². The third kappa shape index (κ3) is 1.22. The van der Waals surface area contributed by atoms with Crippen LogP contribution in [-0.4, -0.2) is 21.3 Å². The lowest BCUT2D eigenvalue weighted by molar-refractivity contribution is 0.594. The van der Waals surface area contributed by atoms with Crippen LogP contribution < -0.4 is 5.32 Å². The van der Waals surface area contributed by atoms with E-state index in [4.69, 9.17) is 0 Å². The third-order valence-corrected chi connectivity index (χ3v) is 2.37.